The zero-order chi connectivity index (χ0) is 16.6. The fourth-order valence-corrected chi connectivity index (χ4v) is 4.01. The summed E-state index contributed by atoms with van der Waals surface area (Å²) in [7, 11) is 0. The minimum Gasteiger partial charge on any atom is -0.373 e. The Morgan fingerprint density at radius 1 is 1.25 bits per heavy atom. The molecule has 0 unspecified atom stereocenters. The molecule has 1 aromatic carbocycles. The number of carbonyl (C=O) groups is 1. The molecule has 24 heavy (non-hydrogen) atoms. The van der Waals surface area contributed by atoms with Gasteiger partial charge in [0.05, 0.1) is 23.8 Å². The zero-order valence-electron chi connectivity index (χ0n) is 13.5. The van der Waals surface area contributed by atoms with Gasteiger partial charge in [-0.05, 0) is 25.3 Å². The third-order valence-electron chi connectivity index (χ3n) is 5.16. The number of aromatic nitrogens is 2. The summed E-state index contributed by atoms with van der Waals surface area (Å²) < 4.78 is 6.04. The van der Waals surface area contributed by atoms with Crippen LogP contribution in [0.4, 0.5) is 0 Å². The number of benzene rings is 1. The molecule has 1 amide bonds. The molecule has 2 aromatic rings. The third-order valence-corrected chi connectivity index (χ3v) is 5.16. The molecule has 1 atom stereocenters. The van der Waals surface area contributed by atoms with Crippen molar-refractivity contribution in [2.45, 2.75) is 50.2 Å². The predicted octanol–water partition coefficient (Wildman–Crippen LogP) is 2.14. The molecule has 1 aliphatic heterocycles. The normalized spacial score (nSPS) is 22.8. The van der Waals surface area contributed by atoms with E-state index in [9.17, 15) is 9.59 Å². The summed E-state index contributed by atoms with van der Waals surface area (Å²) in [4.78, 5) is 30.9. The van der Waals surface area contributed by atoms with Gasteiger partial charge in [-0.25, -0.2) is 4.79 Å². The van der Waals surface area contributed by atoms with Crippen LogP contribution in [0.3, 0.4) is 0 Å². The van der Waals surface area contributed by atoms with Gasteiger partial charge in [0.2, 0.25) is 0 Å². The van der Waals surface area contributed by atoms with E-state index in [4.69, 9.17) is 4.74 Å². The Morgan fingerprint density at radius 3 is 2.88 bits per heavy atom. The van der Waals surface area contributed by atoms with E-state index in [1.165, 1.54) is 19.3 Å². The van der Waals surface area contributed by atoms with E-state index in [2.05, 4.69) is 15.3 Å². The third kappa shape index (κ3) is 2.82. The molecule has 1 saturated heterocycles. The van der Waals surface area contributed by atoms with Crippen molar-refractivity contribution < 1.29 is 9.53 Å². The first-order valence-electron chi connectivity index (χ1n) is 8.59. The van der Waals surface area contributed by atoms with Crippen molar-refractivity contribution in [3.8, 4) is 0 Å². The number of aromatic amines is 1. The summed E-state index contributed by atoms with van der Waals surface area (Å²) >= 11 is 0. The fourth-order valence-electron chi connectivity index (χ4n) is 4.01. The van der Waals surface area contributed by atoms with Gasteiger partial charge >= 0.3 is 5.69 Å². The van der Waals surface area contributed by atoms with Crippen molar-refractivity contribution >= 4 is 16.8 Å². The number of H-pyrrole nitrogens is 1. The summed E-state index contributed by atoms with van der Waals surface area (Å²) in [5, 5.41) is 3.66. The van der Waals surface area contributed by atoms with Gasteiger partial charge in [0.15, 0.2) is 0 Å². The molecule has 2 aliphatic rings. The Balaban J connectivity index is 1.54. The van der Waals surface area contributed by atoms with E-state index >= 15 is 0 Å². The molecule has 4 rings (SSSR count). The number of fused-ring (bicyclic) bond motifs is 1. The molecule has 126 valence electrons. The number of ether oxygens (including phenoxy) is 1. The predicted molar refractivity (Wildman–Crippen MR) is 90.0 cm³/mol. The number of para-hydroxylation sites is 1. The van der Waals surface area contributed by atoms with Gasteiger partial charge in [-0.3, -0.25) is 4.79 Å². The molecule has 1 spiro atoms. The van der Waals surface area contributed by atoms with Crippen LogP contribution in [0.15, 0.2) is 29.1 Å². The first-order valence-corrected chi connectivity index (χ1v) is 8.59. The summed E-state index contributed by atoms with van der Waals surface area (Å²) in [5.74, 6) is -0.307. The Labute approximate surface area is 139 Å². The molecule has 2 fully saturated rings. The average molecular weight is 327 g/mol. The lowest BCUT2D eigenvalue weighted by Gasteiger charge is -2.32. The van der Waals surface area contributed by atoms with Crippen LogP contribution in [0.1, 0.15) is 49.0 Å². The summed E-state index contributed by atoms with van der Waals surface area (Å²) in [6.07, 6.45) is 6.66. The van der Waals surface area contributed by atoms with Crippen molar-refractivity contribution in [2.75, 3.05) is 6.61 Å². The number of nitrogens with one attached hydrogen (secondary N) is 2. The summed E-state index contributed by atoms with van der Waals surface area (Å²) in [6.45, 7) is 0.535. The van der Waals surface area contributed by atoms with Gasteiger partial charge in [-0.1, -0.05) is 37.5 Å². The number of rotatable bonds is 2. The van der Waals surface area contributed by atoms with E-state index < -0.39 is 5.69 Å². The fraction of sp³-hybridized carbons (Fsp3) is 0.500. The van der Waals surface area contributed by atoms with E-state index in [0.29, 0.717) is 17.5 Å². The highest BCUT2D eigenvalue weighted by molar-refractivity contribution is 6.04. The molecule has 6 nitrogen and oxygen atoms in total. The van der Waals surface area contributed by atoms with E-state index in [1.807, 2.05) is 12.1 Å². The zero-order valence-corrected chi connectivity index (χ0v) is 13.5. The molecule has 1 saturated carbocycles. The van der Waals surface area contributed by atoms with Gasteiger partial charge in [-0.2, -0.15) is 4.98 Å². The van der Waals surface area contributed by atoms with Crippen LogP contribution in [0.25, 0.3) is 10.9 Å². The standard InChI is InChI=1S/C18H21N3O3/c22-16(15-13-6-2-3-7-14(13)20-17(23)21-15)19-12-10-18(24-11-12)8-4-1-5-9-18/h2-3,6-7,12H,1,4-5,8-11H2,(H,19,22)(H,20,21,23)/t12-/m0/s1. The molecular weight excluding hydrogens is 306 g/mol. The number of hydrogen-bond donors (Lipinski definition) is 2. The van der Waals surface area contributed by atoms with E-state index in [0.717, 1.165) is 19.3 Å². The molecule has 0 radical (unpaired) electrons. The first-order chi connectivity index (χ1) is 11.7. The SMILES string of the molecule is O=C(N[C@@H]1COC2(CCCCC2)C1)c1nc(=O)[nH]c2ccccc12. The maximum absolute atomic E-state index is 12.7. The van der Waals surface area contributed by atoms with E-state index in [-0.39, 0.29) is 23.2 Å². The van der Waals surface area contributed by atoms with Crippen LogP contribution in [-0.4, -0.2) is 34.1 Å². The lowest BCUT2D eigenvalue weighted by molar-refractivity contribution is -0.0246. The number of nitrogens with zero attached hydrogens (tertiary/aromatic N) is 1. The highest BCUT2D eigenvalue weighted by atomic mass is 16.5. The average Bonchev–Trinajstić information content (AvgIpc) is 2.96. The molecular formula is C18H21N3O3. The molecule has 2 heterocycles. The Morgan fingerprint density at radius 2 is 2.04 bits per heavy atom. The molecule has 6 heteroatoms. The number of amides is 1. The quantitative estimate of drug-likeness (QED) is 0.885. The minimum atomic E-state index is -0.509. The van der Waals surface area contributed by atoms with Crippen LogP contribution >= 0.6 is 0 Å². The van der Waals surface area contributed by atoms with Crippen molar-refractivity contribution in [1.82, 2.24) is 15.3 Å². The monoisotopic (exact) mass is 327 g/mol. The minimum absolute atomic E-state index is 0.0181. The van der Waals surface area contributed by atoms with Crippen molar-refractivity contribution in [2.24, 2.45) is 0 Å². The van der Waals surface area contributed by atoms with Crippen LogP contribution < -0.4 is 11.0 Å². The second kappa shape index (κ2) is 6.02. The lowest BCUT2D eigenvalue weighted by atomic mass is 9.82. The van der Waals surface area contributed by atoms with Crippen LogP contribution in [0, 0.1) is 0 Å². The Bertz CT molecular complexity index is 824. The van der Waals surface area contributed by atoms with Crippen LogP contribution in [0.2, 0.25) is 0 Å². The van der Waals surface area contributed by atoms with Gasteiger partial charge in [0, 0.05) is 5.39 Å². The Hall–Kier alpha value is -2.21. The highest BCUT2D eigenvalue weighted by Crippen LogP contribution is 2.39. The first kappa shape index (κ1) is 15.3. The molecule has 2 N–H and O–H groups in total. The maximum Gasteiger partial charge on any atom is 0.346 e. The topological polar surface area (TPSA) is 84.1 Å². The lowest BCUT2D eigenvalue weighted by Crippen LogP contribution is -2.38. The molecule has 1 aromatic heterocycles. The number of hydrogen-bond acceptors (Lipinski definition) is 4. The smallest absolute Gasteiger partial charge is 0.346 e. The Kier molecular flexibility index (Phi) is 3.84. The van der Waals surface area contributed by atoms with Gasteiger partial charge in [-0.15, -0.1) is 0 Å². The van der Waals surface area contributed by atoms with Crippen LogP contribution in [0.5, 0.6) is 0 Å². The van der Waals surface area contributed by atoms with E-state index in [1.54, 1.807) is 12.1 Å². The van der Waals surface area contributed by atoms with Crippen molar-refractivity contribution in [1.29, 1.82) is 0 Å². The second-order valence-corrected chi connectivity index (χ2v) is 6.87. The van der Waals surface area contributed by atoms with Crippen LogP contribution in [-0.2, 0) is 4.74 Å². The number of carbonyl (C=O) groups excluding carboxylic acids is 1. The molecule has 0 bridgehead atoms. The summed E-state index contributed by atoms with van der Waals surface area (Å²) in [6, 6.07) is 7.19. The van der Waals surface area contributed by atoms with Gasteiger partial charge < -0.3 is 15.0 Å². The summed E-state index contributed by atoms with van der Waals surface area (Å²) in [5.41, 5.74) is 0.234. The van der Waals surface area contributed by atoms with Crippen molar-refractivity contribution in [3.63, 3.8) is 0 Å². The largest absolute Gasteiger partial charge is 0.373 e. The highest BCUT2D eigenvalue weighted by Gasteiger charge is 2.41. The van der Waals surface area contributed by atoms with Gasteiger partial charge in [0.25, 0.3) is 5.91 Å². The van der Waals surface area contributed by atoms with Crippen molar-refractivity contribution in [3.05, 3.63) is 40.4 Å². The molecule has 1 aliphatic carbocycles. The maximum atomic E-state index is 12.7. The van der Waals surface area contributed by atoms with Gasteiger partial charge in [0.1, 0.15) is 5.69 Å². The second-order valence-electron chi connectivity index (χ2n) is 6.87.